The van der Waals surface area contributed by atoms with Crippen LogP contribution in [0.1, 0.15) is 27.7 Å². The largest absolute Gasteiger partial charge is 0.494 e. The van der Waals surface area contributed by atoms with Crippen molar-refractivity contribution in [2.45, 2.75) is 38.9 Å². The highest BCUT2D eigenvalue weighted by Crippen LogP contribution is 2.43. The molecule has 1 fully saturated rings. The molecular weight excluding hydrogens is 579 g/mol. The zero-order valence-electron chi connectivity index (χ0n) is 26.8. The minimum atomic E-state index is -0.399. The fraction of sp³-hybridized carbons (Fsp3) is 0.143. The van der Waals surface area contributed by atoms with Gasteiger partial charge in [-0.2, -0.15) is 0 Å². The molecule has 8 aromatic rings. The second-order valence-corrected chi connectivity index (χ2v) is 13.5. The van der Waals surface area contributed by atoms with E-state index >= 15 is 0 Å². The summed E-state index contributed by atoms with van der Waals surface area (Å²) in [5, 5.41) is 4.48. The minimum Gasteiger partial charge on any atom is -0.455 e. The number of benzene rings is 6. The lowest BCUT2D eigenvalue weighted by molar-refractivity contribution is 0.00578. The van der Waals surface area contributed by atoms with Gasteiger partial charge in [0.1, 0.15) is 22.3 Å². The molecule has 0 radical (unpaired) electrons. The molecule has 228 valence electrons. The Hall–Kier alpha value is -5.10. The molecule has 6 aromatic carbocycles. The number of rotatable bonds is 4. The zero-order chi connectivity index (χ0) is 31.9. The zero-order valence-corrected chi connectivity index (χ0v) is 26.8. The predicted molar refractivity (Wildman–Crippen MR) is 193 cm³/mol. The molecule has 9 rings (SSSR count). The second kappa shape index (κ2) is 10.2. The molecule has 0 aliphatic carbocycles. The fourth-order valence-corrected chi connectivity index (χ4v) is 6.90. The number of fused-ring (bicyclic) bond motifs is 6. The van der Waals surface area contributed by atoms with E-state index in [1.165, 1.54) is 0 Å². The van der Waals surface area contributed by atoms with Crippen molar-refractivity contribution in [3.05, 3.63) is 127 Å². The van der Waals surface area contributed by atoms with E-state index in [1.807, 2.05) is 24.3 Å². The summed E-state index contributed by atoms with van der Waals surface area (Å²) in [6.07, 6.45) is 0. The maximum atomic E-state index is 6.59. The first-order valence-corrected chi connectivity index (χ1v) is 16.2. The van der Waals surface area contributed by atoms with Gasteiger partial charge in [0.15, 0.2) is 0 Å². The SMILES string of the molecule is CC1(C)OB(c2ccc(-c3ccc(-c4ccc(-c5cccc6c5oc5ccccc56)cc4)c4c3oc3ccccc34)cc2)OC1(C)C. The van der Waals surface area contributed by atoms with Gasteiger partial charge in [0, 0.05) is 32.7 Å². The molecule has 1 aliphatic rings. The van der Waals surface area contributed by atoms with Crippen LogP contribution in [0.15, 0.2) is 136 Å². The Bertz CT molecular complexity index is 2450. The third kappa shape index (κ3) is 4.38. The molecule has 1 aliphatic heterocycles. The van der Waals surface area contributed by atoms with Gasteiger partial charge in [0.05, 0.1) is 11.2 Å². The smallest absolute Gasteiger partial charge is 0.455 e. The van der Waals surface area contributed by atoms with Gasteiger partial charge < -0.3 is 18.1 Å². The summed E-state index contributed by atoms with van der Waals surface area (Å²) in [5.74, 6) is 0. The van der Waals surface area contributed by atoms with E-state index in [0.717, 1.165) is 82.7 Å². The fourth-order valence-electron chi connectivity index (χ4n) is 6.90. The van der Waals surface area contributed by atoms with Gasteiger partial charge in [-0.15, -0.1) is 0 Å². The van der Waals surface area contributed by atoms with Gasteiger partial charge in [-0.3, -0.25) is 0 Å². The van der Waals surface area contributed by atoms with Gasteiger partial charge >= 0.3 is 7.12 Å². The molecule has 0 bridgehead atoms. The van der Waals surface area contributed by atoms with E-state index in [4.69, 9.17) is 18.1 Å². The van der Waals surface area contributed by atoms with Crippen LogP contribution in [-0.2, 0) is 9.31 Å². The van der Waals surface area contributed by atoms with Crippen molar-refractivity contribution in [3.8, 4) is 33.4 Å². The molecule has 4 nitrogen and oxygen atoms in total. The van der Waals surface area contributed by atoms with Gasteiger partial charge in [0.25, 0.3) is 0 Å². The van der Waals surface area contributed by atoms with Crippen LogP contribution in [0.5, 0.6) is 0 Å². The normalized spacial score (nSPS) is 15.8. The van der Waals surface area contributed by atoms with Crippen molar-refractivity contribution >= 4 is 56.5 Å². The Morgan fingerprint density at radius 2 is 0.915 bits per heavy atom. The Balaban J connectivity index is 1.12. The van der Waals surface area contributed by atoms with E-state index in [-0.39, 0.29) is 11.2 Å². The minimum absolute atomic E-state index is 0.383. The molecular formula is C42H33BO4. The Morgan fingerprint density at radius 1 is 0.426 bits per heavy atom. The van der Waals surface area contributed by atoms with Crippen molar-refractivity contribution in [1.82, 2.24) is 0 Å². The summed E-state index contributed by atoms with van der Waals surface area (Å²) in [5.41, 5.74) is 10.4. The maximum Gasteiger partial charge on any atom is 0.494 e. The summed E-state index contributed by atoms with van der Waals surface area (Å²) in [4.78, 5) is 0. The van der Waals surface area contributed by atoms with Crippen molar-refractivity contribution in [3.63, 3.8) is 0 Å². The molecule has 47 heavy (non-hydrogen) atoms. The third-order valence-corrected chi connectivity index (χ3v) is 10.2. The van der Waals surface area contributed by atoms with Crippen LogP contribution in [0, 0.1) is 0 Å². The standard InChI is InChI=1S/C42H33BO4/c1-41(2)42(3,4)47-43(46-41)29-22-20-28(21-23-29)32-25-24-30(38-35-11-6-8-15-37(35)45-40(32)38)26-16-18-27(19-17-26)31-12-9-13-34-33-10-5-7-14-36(33)44-39(31)34/h5-25H,1-4H3. The number of furan rings is 2. The number of hydrogen-bond acceptors (Lipinski definition) is 4. The molecule has 3 heterocycles. The van der Waals surface area contributed by atoms with Gasteiger partial charge in [-0.1, -0.05) is 109 Å². The van der Waals surface area contributed by atoms with Gasteiger partial charge in [0.2, 0.25) is 0 Å². The third-order valence-electron chi connectivity index (χ3n) is 10.2. The molecule has 0 N–H and O–H groups in total. The Kier molecular flexibility index (Phi) is 6.11. The quantitative estimate of drug-likeness (QED) is 0.186. The topological polar surface area (TPSA) is 44.7 Å². The van der Waals surface area contributed by atoms with E-state index in [0.29, 0.717) is 0 Å². The highest BCUT2D eigenvalue weighted by Gasteiger charge is 2.51. The van der Waals surface area contributed by atoms with Crippen LogP contribution in [0.25, 0.3) is 77.3 Å². The first kappa shape index (κ1) is 28.2. The summed E-state index contributed by atoms with van der Waals surface area (Å²) in [7, 11) is -0.399. The van der Waals surface area contributed by atoms with Crippen molar-refractivity contribution in [2.24, 2.45) is 0 Å². The molecule has 2 aromatic heterocycles. The molecule has 1 saturated heterocycles. The molecule has 0 atom stereocenters. The van der Waals surface area contributed by atoms with E-state index < -0.39 is 7.12 Å². The second-order valence-electron chi connectivity index (χ2n) is 13.5. The molecule has 5 heteroatoms. The van der Waals surface area contributed by atoms with E-state index in [2.05, 4.69) is 131 Å². The average molecular weight is 613 g/mol. The predicted octanol–water partition coefficient (Wildman–Crippen LogP) is 10.8. The molecule has 0 spiro atoms. The van der Waals surface area contributed by atoms with Gasteiger partial charge in [-0.25, -0.2) is 0 Å². The highest BCUT2D eigenvalue weighted by molar-refractivity contribution is 6.62. The summed E-state index contributed by atoms with van der Waals surface area (Å²) >= 11 is 0. The van der Waals surface area contributed by atoms with E-state index in [9.17, 15) is 0 Å². The first-order valence-electron chi connectivity index (χ1n) is 16.2. The van der Waals surface area contributed by atoms with E-state index in [1.54, 1.807) is 0 Å². The molecule has 0 unspecified atom stereocenters. The number of hydrogen-bond donors (Lipinski definition) is 0. The first-order chi connectivity index (χ1) is 22.8. The lowest BCUT2D eigenvalue weighted by Crippen LogP contribution is -2.41. The lowest BCUT2D eigenvalue weighted by atomic mass is 9.78. The number of para-hydroxylation sites is 3. The average Bonchev–Trinajstić information content (AvgIpc) is 3.73. The van der Waals surface area contributed by atoms with Crippen LogP contribution in [0.4, 0.5) is 0 Å². The van der Waals surface area contributed by atoms with Crippen molar-refractivity contribution in [2.75, 3.05) is 0 Å². The lowest BCUT2D eigenvalue weighted by Gasteiger charge is -2.32. The summed E-state index contributed by atoms with van der Waals surface area (Å²) in [6.45, 7) is 8.32. The van der Waals surface area contributed by atoms with Gasteiger partial charge in [-0.05, 0) is 73.6 Å². The Labute approximate surface area is 273 Å². The molecule has 0 saturated carbocycles. The summed E-state index contributed by atoms with van der Waals surface area (Å²) in [6, 6.07) is 44.5. The summed E-state index contributed by atoms with van der Waals surface area (Å²) < 4.78 is 25.5. The van der Waals surface area contributed by atoms with Crippen LogP contribution in [-0.4, -0.2) is 18.3 Å². The highest BCUT2D eigenvalue weighted by atomic mass is 16.7. The monoisotopic (exact) mass is 612 g/mol. The van der Waals surface area contributed by atoms with Crippen LogP contribution < -0.4 is 5.46 Å². The Morgan fingerprint density at radius 3 is 1.60 bits per heavy atom. The van der Waals surface area contributed by atoms with Crippen LogP contribution in [0.2, 0.25) is 0 Å². The van der Waals surface area contributed by atoms with Crippen LogP contribution in [0.3, 0.4) is 0 Å². The molecule has 0 amide bonds. The van der Waals surface area contributed by atoms with Crippen LogP contribution >= 0.6 is 0 Å². The maximum absolute atomic E-state index is 6.59. The van der Waals surface area contributed by atoms with Crippen molar-refractivity contribution in [1.29, 1.82) is 0 Å². The van der Waals surface area contributed by atoms with Crippen molar-refractivity contribution < 1.29 is 18.1 Å².